The topological polar surface area (TPSA) is 41.5 Å². The number of hydrogen-bond acceptors (Lipinski definition) is 5. The van der Waals surface area contributed by atoms with Crippen molar-refractivity contribution < 1.29 is 4.74 Å². The second kappa shape index (κ2) is 15.1. The molecule has 0 N–H and O–H groups in total. The molecule has 0 atom stereocenters. The molecule has 0 aliphatic carbocycles. The summed E-state index contributed by atoms with van der Waals surface area (Å²) >= 11 is 0. The Balaban J connectivity index is 0.000000275. The van der Waals surface area contributed by atoms with Gasteiger partial charge < -0.3 is 4.74 Å². The van der Waals surface area contributed by atoms with Crippen molar-refractivity contribution in [2.24, 2.45) is 0 Å². The highest BCUT2D eigenvalue weighted by atomic mass is 16.5. The maximum atomic E-state index is 5.10. The first kappa shape index (κ1) is 24.2. The highest BCUT2D eigenvalue weighted by Gasteiger charge is 2.11. The molecule has 2 aromatic rings. The van der Waals surface area contributed by atoms with Crippen LogP contribution in [0.1, 0.15) is 44.7 Å². The van der Waals surface area contributed by atoms with E-state index >= 15 is 0 Å². The lowest BCUT2D eigenvalue weighted by Gasteiger charge is -2.20. The molecule has 0 amide bonds. The SMILES string of the molecule is C.CCCN(CCOC)Cc1cccnc1.c1cncc(CN2CCCC2)c1. The minimum absolute atomic E-state index is 0. The number of hydrogen-bond donors (Lipinski definition) is 0. The molecule has 156 valence electrons. The molecule has 1 aliphatic rings. The largest absolute Gasteiger partial charge is 0.383 e. The van der Waals surface area contributed by atoms with Gasteiger partial charge in [-0.05, 0) is 62.2 Å². The molecule has 0 unspecified atom stereocenters. The Labute approximate surface area is 171 Å². The van der Waals surface area contributed by atoms with Crippen LogP contribution in [0.15, 0.2) is 49.1 Å². The van der Waals surface area contributed by atoms with E-state index in [-0.39, 0.29) is 7.43 Å². The van der Waals surface area contributed by atoms with Crippen LogP contribution in [0.25, 0.3) is 0 Å². The van der Waals surface area contributed by atoms with Gasteiger partial charge in [-0.1, -0.05) is 26.5 Å². The van der Waals surface area contributed by atoms with Crippen LogP contribution < -0.4 is 0 Å². The predicted octanol–water partition coefficient (Wildman–Crippen LogP) is 4.25. The monoisotopic (exact) mass is 386 g/mol. The standard InChI is InChI=1S/C12H20N2O.C10H14N2.CH4/c1-3-7-14(8-9-15-2)11-12-5-4-6-13-10-12;1-2-7-12(6-1)9-10-4-3-5-11-8-10;/h4-6,10H,3,7-9,11H2,1-2H3;3-5,8H,1-2,6-7,9H2;1H4. The second-order valence-corrected chi connectivity index (χ2v) is 6.97. The Morgan fingerprint density at radius 2 is 1.64 bits per heavy atom. The van der Waals surface area contributed by atoms with Crippen LogP contribution in [-0.4, -0.2) is 59.7 Å². The van der Waals surface area contributed by atoms with Gasteiger partial charge in [-0.2, -0.15) is 0 Å². The van der Waals surface area contributed by atoms with E-state index in [9.17, 15) is 0 Å². The quantitative estimate of drug-likeness (QED) is 0.644. The van der Waals surface area contributed by atoms with Gasteiger partial charge in [0.1, 0.15) is 0 Å². The van der Waals surface area contributed by atoms with Gasteiger partial charge >= 0.3 is 0 Å². The zero-order valence-corrected chi connectivity index (χ0v) is 16.9. The lowest BCUT2D eigenvalue weighted by molar-refractivity contribution is 0.144. The molecular weight excluding hydrogens is 348 g/mol. The molecular formula is C23H38N4O. The summed E-state index contributed by atoms with van der Waals surface area (Å²) in [6.07, 6.45) is 11.4. The number of methoxy groups -OCH3 is 1. The number of pyridine rings is 2. The van der Waals surface area contributed by atoms with Gasteiger partial charge in [0.25, 0.3) is 0 Å². The summed E-state index contributed by atoms with van der Waals surface area (Å²) in [6.45, 7) is 9.64. The predicted molar refractivity (Wildman–Crippen MR) is 117 cm³/mol. The zero-order valence-electron chi connectivity index (χ0n) is 16.9. The molecule has 5 heteroatoms. The van der Waals surface area contributed by atoms with Crippen LogP contribution in [0.4, 0.5) is 0 Å². The summed E-state index contributed by atoms with van der Waals surface area (Å²) in [4.78, 5) is 13.1. The molecule has 2 aromatic heterocycles. The van der Waals surface area contributed by atoms with Crippen LogP contribution in [0.3, 0.4) is 0 Å². The summed E-state index contributed by atoms with van der Waals surface area (Å²) < 4.78 is 5.10. The summed E-state index contributed by atoms with van der Waals surface area (Å²) in [7, 11) is 1.74. The van der Waals surface area contributed by atoms with Crippen LogP contribution in [0, 0.1) is 0 Å². The van der Waals surface area contributed by atoms with E-state index < -0.39 is 0 Å². The second-order valence-electron chi connectivity index (χ2n) is 6.97. The van der Waals surface area contributed by atoms with E-state index in [0.29, 0.717) is 0 Å². The van der Waals surface area contributed by atoms with Crippen molar-refractivity contribution in [2.45, 2.75) is 46.7 Å². The van der Waals surface area contributed by atoms with E-state index in [2.05, 4.69) is 38.8 Å². The maximum Gasteiger partial charge on any atom is 0.0589 e. The molecule has 0 spiro atoms. The molecule has 28 heavy (non-hydrogen) atoms. The third-order valence-electron chi connectivity index (χ3n) is 4.61. The first-order valence-electron chi connectivity index (χ1n) is 10.0. The van der Waals surface area contributed by atoms with Crippen molar-refractivity contribution in [3.63, 3.8) is 0 Å². The van der Waals surface area contributed by atoms with Gasteiger partial charge in [-0.15, -0.1) is 0 Å². The van der Waals surface area contributed by atoms with Crippen molar-refractivity contribution in [2.75, 3.05) is 39.9 Å². The Morgan fingerprint density at radius 1 is 1.00 bits per heavy atom. The molecule has 0 saturated carbocycles. The zero-order chi connectivity index (χ0) is 19.2. The summed E-state index contributed by atoms with van der Waals surface area (Å²) in [5, 5.41) is 0. The first-order valence-corrected chi connectivity index (χ1v) is 10.0. The fourth-order valence-corrected chi connectivity index (χ4v) is 3.25. The van der Waals surface area contributed by atoms with Gasteiger partial charge in [-0.3, -0.25) is 19.8 Å². The van der Waals surface area contributed by atoms with E-state index in [1.165, 1.54) is 43.5 Å². The van der Waals surface area contributed by atoms with Gasteiger partial charge in [0.2, 0.25) is 0 Å². The van der Waals surface area contributed by atoms with Gasteiger partial charge in [0.15, 0.2) is 0 Å². The van der Waals surface area contributed by atoms with E-state index in [1.54, 1.807) is 7.11 Å². The van der Waals surface area contributed by atoms with Crippen molar-refractivity contribution in [1.29, 1.82) is 0 Å². The van der Waals surface area contributed by atoms with Crippen LogP contribution >= 0.6 is 0 Å². The molecule has 0 aromatic carbocycles. The summed E-state index contributed by atoms with van der Waals surface area (Å²) in [5.41, 5.74) is 2.60. The number of ether oxygens (including phenoxy) is 1. The van der Waals surface area contributed by atoms with Crippen molar-refractivity contribution in [1.82, 2.24) is 19.8 Å². The first-order chi connectivity index (χ1) is 13.3. The van der Waals surface area contributed by atoms with Crippen molar-refractivity contribution in [3.8, 4) is 0 Å². The van der Waals surface area contributed by atoms with Crippen LogP contribution in [0.5, 0.6) is 0 Å². The van der Waals surface area contributed by atoms with Crippen LogP contribution in [-0.2, 0) is 17.8 Å². The number of nitrogens with zero attached hydrogens (tertiary/aromatic N) is 4. The molecule has 5 nitrogen and oxygen atoms in total. The van der Waals surface area contributed by atoms with Gasteiger partial charge in [0.05, 0.1) is 6.61 Å². The third kappa shape index (κ3) is 9.93. The number of aromatic nitrogens is 2. The molecule has 0 radical (unpaired) electrons. The van der Waals surface area contributed by atoms with Crippen LogP contribution in [0.2, 0.25) is 0 Å². The lowest BCUT2D eigenvalue weighted by Crippen LogP contribution is -2.27. The molecule has 0 bridgehead atoms. The van der Waals surface area contributed by atoms with Crippen molar-refractivity contribution >= 4 is 0 Å². The lowest BCUT2D eigenvalue weighted by atomic mass is 10.2. The molecule has 1 aliphatic heterocycles. The minimum atomic E-state index is 0. The molecule has 1 fully saturated rings. The van der Waals surface area contributed by atoms with E-state index in [4.69, 9.17) is 4.74 Å². The summed E-state index contributed by atoms with van der Waals surface area (Å²) in [5.74, 6) is 0. The molecule has 3 heterocycles. The molecule has 1 saturated heterocycles. The molecule has 3 rings (SSSR count). The van der Waals surface area contributed by atoms with E-state index in [1.807, 2.05) is 36.9 Å². The van der Waals surface area contributed by atoms with Crippen molar-refractivity contribution in [3.05, 3.63) is 60.2 Å². The number of rotatable bonds is 9. The fourth-order valence-electron chi connectivity index (χ4n) is 3.25. The highest BCUT2D eigenvalue weighted by Crippen LogP contribution is 2.11. The average molecular weight is 387 g/mol. The van der Waals surface area contributed by atoms with Gasteiger partial charge in [-0.25, -0.2) is 0 Å². The average Bonchev–Trinajstić information content (AvgIpc) is 3.21. The number of likely N-dealkylation sites (tertiary alicyclic amines) is 1. The van der Waals surface area contributed by atoms with E-state index in [0.717, 1.165) is 32.8 Å². The Bertz CT molecular complexity index is 588. The smallest absolute Gasteiger partial charge is 0.0589 e. The summed E-state index contributed by atoms with van der Waals surface area (Å²) in [6, 6.07) is 8.25. The van der Waals surface area contributed by atoms with Gasteiger partial charge in [0, 0.05) is 51.5 Å². The Hall–Kier alpha value is -1.82. The maximum absolute atomic E-state index is 5.10. The Kier molecular flexibility index (Phi) is 13.1. The normalized spacial score (nSPS) is 13.7. The third-order valence-corrected chi connectivity index (χ3v) is 4.61. The fraction of sp³-hybridized carbons (Fsp3) is 0.565. The highest BCUT2D eigenvalue weighted by molar-refractivity contribution is 5.08. The minimum Gasteiger partial charge on any atom is -0.383 e. The Morgan fingerprint density at radius 3 is 2.18 bits per heavy atom.